The predicted octanol–water partition coefficient (Wildman–Crippen LogP) is 0.884. The summed E-state index contributed by atoms with van der Waals surface area (Å²) in [6.45, 7) is 4.63. The summed E-state index contributed by atoms with van der Waals surface area (Å²) in [7, 11) is 3.94. The van der Waals surface area contributed by atoms with Crippen LogP contribution in [0.4, 0.5) is 0 Å². The van der Waals surface area contributed by atoms with Crippen molar-refractivity contribution in [1.82, 2.24) is 19.0 Å². The van der Waals surface area contributed by atoms with Crippen LogP contribution in [-0.2, 0) is 17.8 Å². The summed E-state index contributed by atoms with van der Waals surface area (Å²) in [6, 6.07) is 1.51. The molecule has 8 heteroatoms. The number of aryl methyl sites for hydroxylation is 1. The van der Waals surface area contributed by atoms with Crippen LogP contribution in [0.15, 0.2) is 17.1 Å². The van der Waals surface area contributed by atoms with Gasteiger partial charge >= 0.3 is 11.7 Å². The van der Waals surface area contributed by atoms with Crippen LogP contribution in [0.3, 0.4) is 0 Å². The van der Waals surface area contributed by atoms with Crippen LogP contribution < -0.4 is 5.69 Å². The Kier molecular flexibility index (Phi) is 6.10. The van der Waals surface area contributed by atoms with Gasteiger partial charge in [-0.25, -0.2) is 14.6 Å². The molecule has 132 valence electrons. The molecule has 0 saturated carbocycles. The number of aromatic nitrogens is 3. The van der Waals surface area contributed by atoms with Crippen LogP contribution in [0.2, 0.25) is 0 Å². The lowest BCUT2D eigenvalue weighted by molar-refractivity contribution is 0.0696. The Hall–Kier alpha value is -2.19. The van der Waals surface area contributed by atoms with Gasteiger partial charge in [-0.15, -0.1) is 0 Å². The summed E-state index contributed by atoms with van der Waals surface area (Å²) in [5, 5.41) is 9.17. The largest absolute Gasteiger partial charge is 0.478 e. The number of imidazole rings is 1. The molecule has 0 aliphatic heterocycles. The van der Waals surface area contributed by atoms with Gasteiger partial charge in [-0.05, 0) is 40.1 Å². The number of fused-ring (bicyclic) bond motifs is 1. The molecule has 2 rings (SSSR count). The molecule has 0 aromatic carbocycles. The van der Waals surface area contributed by atoms with Crippen molar-refractivity contribution in [1.29, 1.82) is 0 Å². The van der Waals surface area contributed by atoms with E-state index in [2.05, 4.69) is 4.98 Å². The Balaban J connectivity index is 2.43. The Labute approximate surface area is 140 Å². The van der Waals surface area contributed by atoms with Gasteiger partial charge in [0.25, 0.3) is 0 Å². The van der Waals surface area contributed by atoms with Crippen molar-refractivity contribution in [3.05, 3.63) is 28.3 Å². The lowest BCUT2D eigenvalue weighted by Crippen LogP contribution is -2.27. The number of carbonyl (C=O) groups is 1. The van der Waals surface area contributed by atoms with Gasteiger partial charge in [0.1, 0.15) is 0 Å². The molecular formula is C16H24N4O4. The molecule has 0 saturated heterocycles. The van der Waals surface area contributed by atoms with Gasteiger partial charge in [0, 0.05) is 19.3 Å². The SMILES string of the molecule is CCOCCn1c(=O)n(CCCN(C)C)c2cc(C(=O)O)cnc21. The topological polar surface area (TPSA) is 89.6 Å². The maximum atomic E-state index is 12.7. The first-order chi connectivity index (χ1) is 11.5. The zero-order chi connectivity index (χ0) is 17.7. The van der Waals surface area contributed by atoms with E-state index in [0.717, 1.165) is 13.0 Å². The third-order valence-corrected chi connectivity index (χ3v) is 3.75. The fourth-order valence-corrected chi connectivity index (χ4v) is 2.57. The highest BCUT2D eigenvalue weighted by Crippen LogP contribution is 2.14. The number of rotatable bonds is 9. The summed E-state index contributed by atoms with van der Waals surface area (Å²) in [5.74, 6) is -1.06. The summed E-state index contributed by atoms with van der Waals surface area (Å²) < 4.78 is 8.48. The van der Waals surface area contributed by atoms with Crippen molar-refractivity contribution < 1.29 is 14.6 Å². The van der Waals surface area contributed by atoms with Gasteiger partial charge < -0.3 is 14.7 Å². The highest BCUT2D eigenvalue weighted by Gasteiger charge is 2.16. The molecule has 0 aliphatic carbocycles. The molecular weight excluding hydrogens is 312 g/mol. The highest BCUT2D eigenvalue weighted by atomic mass is 16.5. The van der Waals surface area contributed by atoms with E-state index in [0.29, 0.717) is 37.5 Å². The first-order valence-corrected chi connectivity index (χ1v) is 8.00. The van der Waals surface area contributed by atoms with Crippen LogP contribution >= 0.6 is 0 Å². The number of ether oxygens (including phenoxy) is 1. The van der Waals surface area contributed by atoms with Crippen LogP contribution in [0, 0.1) is 0 Å². The zero-order valence-corrected chi connectivity index (χ0v) is 14.4. The third-order valence-electron chi connectivity index (χ3n) is 3.75. The van der Waals surface area contributed by atoms with Crippen molar-refractivity contribution in [3.63, 3.8) is 0 Å². The van der Waals surface area contributed by atoms with Crippen LogP contribution in [-0.4, -0.2) is 63.9 Å². The average molecular weight is 336 g/mol. The van der Waals surface area contributed by atoms with Gasteiger partial charge in [-0.3, -0.25) is 9.13 Å². The molecule has 1 N–H and O–H groups in total. The highest BCUT2D eigenvalue weighted by molar-refractivity contribution is 5.90. The number of carboxylic acids is 1. The van der Waals surface area contributed by atoms with Gasteiger partial charge in [-0.2, -0.15) is 0 Å². The minimum Gasteiger partial charge on any atom is -0.478 e. The second-order valence-electron chi connectivity index (χ2n) is 5.81. The van der Waals surface area contributed by atoms with Crippen molar-refractivity contribution >= 4 is 17.1 Å². The van der Waals surface area contributed by atoms with E-state index >= 15 is 0 Å². The molecule has 0 spiro atoms. The number of pyridine rings is 1. The van der Waals surface area contributed by atoms with Gasteiger partial charge in [0.2, 0.25) is 0 Å². The van der Waals surface area contributed by atoms with Crippen LogP contribution in [0.5, 0.6) is 0 Å². The second-order valence-corrected chi connectivity index (χ2v) is 5.81. The Morgan fingerprint density at radius 1 is 1.33 bits per heavy atom. The van der Waals surface area contributed by atoms with Gasteiger partial charge in [0.15, 0.2) is 5.65 Å². The fourth-order valence-electron chi connectivity index (χ4n) is 2.57. The van der Waals surface area contributed by atoms with Crippen molar-refractivity contribution in [2.75, 3.05) is 33.9 Å². The van der Waals surface area contributed by atoms with E-state index in [9.17, 15) is 14.7 Å². The normalized spacial score (nSPS) is 11.5. The number of carboxylic acid groups (broad SMARTS) is 1. The van der Waals surface area contributed by atoms with Crippen molar-refractivity contribution in [3.8, 4) is 0 Å². The maximum absolute atomic E-state index is 12.7. The molecule has 2 aromatic rings. The average Bonchev–Trinajstić information content (AvgIpc) is 2.79. The molecule has 24 heavy (non-hydrogen) atoms. The summed E-state index contributed by atoms with van der Waals surface area (Å²) in [4.78, 5) is 30.2. The predicted molar refractivity (Wildman–Crippen MR) is 90.6 cm³/mol. The molecule has 0 atom stereocenters. The summed E-state index contributed by atoms with van der Waals surface area (Å²) in [5.41, 5.74) is 0.939. The molecule has 0 radical (unpaired) electrons. The fraction of sp³-hybridized carbons (Fsp3) is 0.562. The molecule has 0 bridgehead atoms. The number of nitrogens with zero attached hydrogens (tertiary/aromatic N) is 4. The Morgan fingerprint density at radius 2 is 2.08 bits per heavy atom. The standard InChI is InChI=1S/C16H24N4O4/c1-4-24-9-8-20-14-13(10-12(11-17-14)15(21)22)19(16(20)23)7-5-6-18(2)3/h10-11H,4-9H2,1-3H3,(H,21,22). The van der Waals surface area contributed by atoms with Gasteiger partial charge in [-0.1, -0.05) is 0 Å². The van der Waals surface area contributed by atoms with E-state index in [1.807, 2.05) is 25.9 Å². The van der Waals surface area contributed by atoms with E-state index in [1.54, 1.807) is 9.13 Å². The molecule has 2 heterocycles. The van der Waals surface area contributed by atoms with Crippen molar-refractivity contribution in [2.45, 2.75) is 26.4 Å². The molecule has 0 fully saturated rings. The zero-order valence-electron chi connectivity index (χ0n) is 14.4. The molecule has 0 aliphatic rings. The molecule has 2 aromatic heterocycles. The summed E-state index contributed by atoms with van der Waals surface area (Å²) in [6.07, 6.45) is 2.07. The molecule has 8 nitrogen and oxygen atoms in total. The van der Waals surface area contributed by atoms with Crippen molar-refractivity contribution in [2.24, 2.45) is 0 Å². The minimum absolute atomic E-state index is 0.0748. The number of hydrogen-bond acceptors (Lipinski definition) is 5. The molecule has 0 amide bonds. The van der Waals surface area contributed by atoms with E-state index in [-0.39, 0.29) is 11.3 Å². The van der Waals surface area contributed by atoms with E-state index < -0.39 is 5.97 Å². The lowest BCUT2D eigenvalue weighted by atomic mass is 10.2. The van der Waals surface area contributed by atoms with Crippen LogP contribution in [0.1, 0.15) is 23.7 Å². The lowest BCUT2D eigenvalue weighted by Gasteiger charge is -2.09. The first kappa shape index (κ1) is 18.2. The second kappa shape index (κ2) is 8.07. The van der Waals surface area contributed by atoms with Crippen LogP contribution in [0.25, 0.3) is 11.2 Å². The molecule has 0 unspecified atom stereocenters. The quantitative estimate of drug-likeness (QED) is 0.684. The van der Waals surface area contributed by atoms with E-state index in [1.165, 1.54) is 12.3 Å². The third kappa shape index (κ3) is 4.01. The first-order valence-electron chi connectivity index (χ1n) is 8.00. The Morgan fingerprint density at radius 3 is 2.71 bits per heavy atom. The number of aromatic carboxylic acids is 1. The monoisotopic (exact) mass is 336 g/mol. The Bertz CT molecular complexity index is 763. The number of hydrogen-bond donors (Lipinski definition) is 1. The minimum atomic E-state index is -1.06. The smallest absolute Gasteiger partial charge is 0.337 e. The van der Waals surface area contributed by atoms with Gasteiger partial charge in [0.05, 0.1) is 24.2 Å². The maximum Gasteiger partial charge on any atom is 0.337 e. The van der Waals surface area contributed by atoms with E-state index in [4.69, 9.17) is 4.74 Å². The summed E-state index contributed by atoms with van der Waals surface area (Å²) >= 11 is 0.